The number of carbonyl (C=O) groups is 3. The summed E-state index contributed by atoms with van der Waals surface area (Å²) in [5.74, 6) is -2.63. The summed E-state index contributed by atoms with van der Waals surface area (Å²) in [6.45, 7) is 6.57. The lowest BCUT2D eigenvalue weighted by Gasteiger charge is -2.23. The molecule has 5 heteroatoms. The second kappa shape index (κ2) is 6.64. The fraction of sp³-hybridized carbons (Fsp3) is 0.769. The predicted octanol–water partition coefficient (Wildman–Crippen LogP) is 1.38. The van der Waals surface area contributed by atoms with Crippen molar-refractivity contribution >= 4 is 17.5 Å². The average Bonchev–Trinajstić information content (AvgIpc) is 2.33. The topological polar surface area (TPSA) is 69.7 Å². The molecule has 0 aromatic heterocycles. The Morgan fingerprint density at radius 3 is 1.94 bits per heavy atom. The summed E-state index contributed by atoms with van der Waals surface area (Å²) in [7, 11) is 2.62. The zero-order valence-corrected chi connectivity index (χ0v) is 11.9. The Labute approximate surface area is 108 Å². The van der Waals surface area contributed by atoms with Crippen molar-refractivity contribution in [2.45, 2.75) is 39.7 Å². The van der Waals surface area contributed by atoms with Gasteiger partial charge < -0.3 is 9.47 Å². The van der Waals surface area contributed by atoms with Crippen LogP contribution in [0.4, 0.5) is 0 Å². The first-order valence-electron chi connectivity index (χ1n) is 5.87. The lowest BCUT2D eigenvalue weighted by atomic mass is 9.87. The van der Waals surface area contributed by atoms with Crippen LogP contribution in [0, 0.1) is 11.8 Å². The molecule has 0 rings (SSSR count). The molecular weight excluding hydrogens is 236 g/mol. The van der Waals surface area contributed by atoms with E-state index in [4.69, 9.17) is 4.74 Å². The molecule has 0 aliphatic rings. The van der Waals surface area contributed by atoms with Crippen LogP contribution in [0.15, 0.2) is 0 Å². The van der Waals surface area contributed by atoms with Gasteiger partial charge in [-0.25, -0.2) is 0 Å². The highest BCUT2D eigenvalue weighted by Gasteiger charge is 2.36. The van der Waals surface area contributed by atoms with Crippen LogP contribution in [0.25, 0.3) is 0 Å². The van der Waals surface area contributed by atoms with E-state index in [0.717, 1.165) is 0 Å². The third-order valence-corrected chi connectivity index (χ3v) is 2.97. The van der Waals surface area contributed by atoms with Gasteiger partial charge in [0.05, 0.1) is 7.11 Å². The SMILES string of the molecule is COC(=O)C(CC(=O)C(C)(C)OC)C(=O)C(C)C. The predicted molar refractivity (Wildman–Crippen MR) is 66.1 cm³/mol. The molecule has 1 atom stereocenters. The number of Topliss-reactive ketones (excluding diaryl/α,β-unsaturated/α-hetero) is 2. The third kappa shape index (κ3) is 4.22. The molecule has 1 unspecified atom stereocenters. The molecule has 0 radical (unpaired) electrons. The van der Waals surface area contributed by atoms with E-state index in [1.165, 1.54) is 14.2 Å². The van der Waals surface area contributed by atoms with Crippen molar-refractivity contribution in [2.75, 3.05) is 14.2 Å². The molecule has 0 aromatic carbocycles. The van der Waals surface area contributed by atoms with Gasteiger partial charge in [0.25, 0.3) is 0 Å². The largest absolute Gasteiger partial charge is 0.468 e. The van der Waals surface area contributed by atoms with Crippen LogP contribution in [0.3, 0.4) is 0 Å². The van der Waals surface area contributed by atoms with E-state index < -0.39 is 17.5 Å². The molecule has 0 bridgehead atoms. The highest BCUT2D eigenvalue weighted by Crippen LogP contribution is 2.19. The molecule has 18 heavy (non-hydrogen) atoms. The van der Waals surface area contributed by atoms with Crippen molar-refractivity contribution in [3.8, 4) is 0 Å². The van der Waals surface area contributed by atoms with E-state index in [9.17, 15) is 14.4 Å². The summed E-state index contributed by atoms with van der Waals surface area (Å²) in [4.78, 5) is 35.4. The fourth-order valence-electron chi connectivity index (χ4n) is 1.39. The van der Waals surface area contributed by atoms with Crippen LogP contribution in [0.1, 0.15) is 34.1 Å². The van der Waals surface area contributed by atoms with Crippen molar-refractivity contribution in [2.24, 2.45) is 11.8 Å². The minimum absolute atomic E-state index is 0.190. The number of ether oxygens (including phenoxy) is 2. The molecule has 0 N–H and O–H groups in total. The molecule has 0 fully saturated rings. The van der Waals surface area contributed by atoms with Gasteiger partial charge in [-0.1, -0.05) is 13.8 Å². The van der Waals surface area contributed by atoms with E-state index >= 15 is 0 Å². The lowest BCUT2D eigenvalue weighted by molar-refractivity contribution is -0.154. The minimum atomic E-state index is -1.04. The van der Waals surface area contributed by atoms with Gasteiger partial charge in [-0.15, -0.1) is 0 Å². The Kier molecular flexibility index (Phi) is 6.18. The molecule has 0 aromatic rings. The van der Waals surface area contributed by atoms with Gasteiger partial charge in [0.15, 0.2) is 5.78 Å². The number of ketones is 2. The molecular formula is C13H22O5. The van der Waals surface area contributed by atoms with Crippen LogP contribution in [-0.4, -0.2) is 37.4 Å². The highest BCUT2D eigenvalue weighted by atomic mass is 16.5. The number of rotatable bonds is 7. The molecule has 104 valence electrons. The first kappa shape index (κ1) is 16.8. The summed E-state index contributed by atoms with van der Waals surface area (Å²) in [6, 6.07) is 0. The van der Waals surface area contributed by atoms with E-state index in [-0.39, 0.29) is 23.9 Å². The molecule has 0 heterocycles. The third-order valence-electron chi connectivity index (χ3n) is 2.97. The number of methoxy groups -OCH3 is 2. The van der Waals surface area contributed by atoms with Crippen LogP contribution in [0.5, 0.6) is 0 Å². The van der Waals surface area contributed by atoms with Crippen molar-refractivity contribution in [3.05, 3.63) is 0 Å². The van der Waals surface area contributed by atoms with Gasteiger partial charge in [-0.05, 0) is 13.8 Å². The number of esters is 1. The van der Waals surface area contributed by atoms with E-state index in [2.05, 4.69) is 4.74 Å². The summed E-state index contributed by atoms with van der Waals surface area (Å²) in [5.41, 5.74) is -1.01. The Balaban J connectivity index is 4.98. The second-order valence-corrected chi connectivity index (χ2v) is 4.97. The van der Waals surface area contributed by atoms with Crippen LogP contribution >= 0.6 is 0 Å². The van der Waals surface area contributed by atoms with Crippen LogP contribution in [0.2, 0.25) is 0 Å². The normalized spacial score (nSPS) is 13.3. The second-order valence-electron chi connectivity index (χ2n) is 4.97. The summed E-state index contributed by atoms with van der Waals surface area (Å²) in [5, 5.41) is 0. The highest BCUT2D eigenvalue weighted by molar-refractivity contribution is 6.04. The van der Waals surface area contributed by atoms with E-state index in [1.54, 1.807) is 27.7 Å². The van der Waals surface area contributed by atoms with Crippen LogP contribution in [-0.2, 0) is 23.9 Å². The quantitative estimate of drug-likeness (QED) is 0.509. The summed E-state index contributed by atoms with van der Waals surface area (Å²) in [6.07, 6.45) is -0.190. The Morgan fingerprint density at radius 1 is 1.11 bits per heavy atom. The van der Waals surface area contributed by atoms with Crippen molar-refractivity contribution in [1.29, 1.82) is 0 Å². The fourth-order valence-corrected chi connectivity index (χ4v) is 1.39. The zero-order valence-electron chi connectivity index (χ0n) is 11.9. The van der Waals surface area contributed by atoms with Crippen molar-refractivity contribution in [3.63, 3.8) is 0 Å². The Morgan fingerprint density at radius 2 is 1.61 bits per heavy atom. The minimum Gasteiger partial charge on any atom is -0.468 e. The maximum Gasteiger partial charge on any atom is 0.316 e. The van der Waals surface area contributed by atoms with Gasteiger partial charge in [0, 0.05) is 19.4 Å². The van der Waals surface area contributed by atoms with Crippen LogP contribution < -0.4 is 0 Å². The molecule has 5 nitrogen and oxygen atoms in total. The Bertz CT molecular complexity index is 330. The summed E-state index contributed by atoms with van der Waals surface area (Å²) < 4.78 is 9.62. The van der Waals surface area contributed by atoms with Crippen molar-refractivity contribution < 1.29 is 23.9 Å². The lowest BCUT2D eigenvalue weighted by Crippen LogP contribution is -2.39. The molecule has 0 saturated heterocycles. The Hall–Kier alpha value is -1.23. The van der Waals surface area contributed by atoms with Gasteiger partial charge in [0.2, 0.25) is 0 Å². The number of hydrogen-bond donors (Lipinski definition) is 0. The smallest absolute Gasteiger partial charge is 0.316 e. The average molecular weight is 258 g/mol. The van der Waals surface area contributed by atoms with Gasteiger partial charge in [0.1, 0.15) is 17.3 Å². The molecule has 0 aliphatic carbocycles. The maximum absolute atomic E-state index is 12.0. The van der Waals surface area contributed by atoms with E-state index in [1.807, 2.05) is 0 Å². The number of hydrogen-bond acceptors (Lipinski definition) is 5. The first-order valence-corrected chi connectivity index (χ1v) is 5.87. The van der Waals surface area contributed by atoms with Gasteiger partial charge in [-0.3, -0.25) is 14.4 Å². The van der Waals surface area contributed by atoms with Gasteiger partial charge >= 0.3 is 5.97 Å². The zero-order chi connectivity index (χ0) is 14.5. The molecule has 0 amide bonds. The standard InChI is InChI=1S/C13H22O5/c1-8(2)11(15)9(12(16)17-5)7-10(14)13(3,4)18-6/h8-9H,7H2,1-6H3. The number of carbonyl (C=O) groups excluding carboxylic acids is 3. The molecule has 0 aliphatic heterocycles. The summed E-state index contributed by atoms with van der Waals surface area (Å²) >= 11 is 0. The molecule has 0 saturated carbocycles. The monoisotopic (exact) mass is 258 g/mol. The molecule has 0 spiro atoms. The van der Waals surface area contributed by atoms with Gasteiger partial charge in [-0.2, -0.15) is 0 Å². The van der Waals surface area contributed by atoms with E-state index in [0.29, 0.717) is 0 Å². The first-order chi connectivity index (χ1) is 8.17. The van der Waals surface area contributed by atoms with Crippen molar-refractivity contribution in [1.82, 2.24) is 0 Å². The maximum atomic E-state index is 12.0.